The van der Waals surface area contributed by atoms with Gasteiger partial charge >= 0.3 is 0 Å². The number of hydrazone groups is 1. The molecule has 0 aliphatic heterocycles. The van der Waals surface area contributed by atoms with Crippen LogP contribution in [0.5, 0.6) is 0 Å². The Labute approximate surface area is 199 Å². The van der Waals surface area contributed by atoms with Crippen LogP contribution in [0.4, 0.5) is 0 Å². The average molecular weight is 472 g/mol. The first-order valence-electron chi connectivity index (χ1n) is 10.4. The van der Waals surface area contributed by atoms with Crippen molar-refractivity contribution in [3.8, 4) is 0 Å². The van der Waals surface area contributed by atoms with E-state index >= 15 is 0 Å². The van der Waals surface area contributed by atoms with Crippen LogP contribution < -0.4 is 16.3 Å². The second kappa shape index (κ2) is 10.6. The van der Waals surface area contributed by atoms with Crippen molar-refractivity contribution in [1.82, 2.24) is 20.9 Å². The number of amides is 2. The van der Waals surface area contributed by atoms with Crippen LogP contribution >= 0.6 is 11.8 Å². The summed E-state index contributed by atoms with van der Waals surface area (Å²) < 4.78 is 0. The van der Waals surface area contributed by atoms with Crippen LogP contribution in [0.25, 0.3) is 10.8 Å². The summed E-state index contributed by atoms with van der Waals surface area (Å²) in [5.74, 6) is -1.07. The molecule has 0 aliphatic carbocycles. The summed E-state index contributed by atoms with van der Waals surface area (Å²) in [5.41, 5.74) is 3.47. The van der Waals surface area contributed by atoms with Crippen LogP contribution in [0, 0.1) is 0 Å². The number of carbonyl (C=O) groups excluding carboxylic acids is 2. The van der Waals surface area contributed by atoms with E-state index in [-0.39, 0.29) is 11.3 Å². The van der Waals surface area contributed by atoms with E-state index in [2.05, 4.69) is 26.0 Å². The summed E-state index contributed by atoms with van der Waals surface area (Å²) in [7, 11) is 0. The minimum Gasteiger partial charge on any atom is -0.335 e. The van der Waals surface area contributed by atoms with Gasteiger partial charge in [-0.05, 0) is 42.2 Å². The summed E-state index contributed by atoms with van der Waals surface area (Å²) in [6.45, 7) is 0. The molecule has 0 spiro atoms. The molecule has 0 bridgehead atoms. The van der Waals surface area contributed by atoms with Gasteiger partial charge in [-0.3, -0.25) is 14.4 Å². The number of nitrogens with one attached hydrogen (secondary N) is 3. The second-order valence-electron chi connectivity index (χ2n) is 7.26. The summed E-state index contributed by atoms with van der Waals surface area (Å²) in [4.78, 5) is 39.3. The fourth-order valence-electron chi connectivity index (χ4n) is 3.34. The summed E-state index contributed by atoms with van der Waals surface area (Å²) in [6, 6.07) is 21.7. The predicted octanol–water partition coefficient (Wildman–Crippen LogP) is 3.27. The Morgan fingerprint density at radius 1 is 0.971 bits per heavy atom. The van der Waals surface area contributed by atoms with Gasteiger partial charge in [0.15, 0.2) is 6.04 Å². The third-order valence-corrected chi connectivity index (χ3v) is 5.82. The SMILES string of the molecule is CSc1ccc(C=NNC(=O)C(NC(=O)c2ccccc2)c2n[nH]c(=O)c3ccccc23)cc1. The summed E-state index contributed by atoms with van der Waals surface area (Å²) in [6.07, 6.45) is 3.50. The molecule has 0 aliphatic rings. The molecule has 4 rings (SSSR count). The number of fused-ring (bicyclic) bond motifs is 1. The first-order valence-corrected chi connectivity index (χ1v) is 11.6. The molecule has 1 heterocycles. The van der Waals surface area contributed by atoms with Gasteiger partial charge in [0.1, 0.15) is 5.69 Å². The van der Waals surface area contributed by atoms with E-state index in [0.717, 1.165) is 10.5 Å². The summed E-state index contributed by atoms with van der Waals surface area (Å²) >= 11 is 1.63. The van der Waals surface area contributed by atoms with Crippen LogP contribution in [0.15, 0.2) is 93.7 Å². The first kappa shape index (κ1) is 22.9. The van der Waals surface area contributed by atoms with Gasteiger partial charge in [0.05, 0.1) is 11.6 Å². The van der Waals surface area contributed by atoms with Crippen molar-refractivity contribution in [3.05, 3.63) is 106 Å². The van der Waals surface area contributed by atoms with Crippen molar-refractivity contribution in [2.45, 2.75) is 10.9 Å². The van der Waals surface area contributed by atoms with E-state index in [1.54, 1.807) is 66.4 Å². The molecule has 3 aromatic carbocycles. The molecule has 3 N–H and O–H groups in total. The minimum atomic E-state index is -1.20. The molecule has 1 atom stereocenters. The van der Waals surface area contributed by atoms with Crippen molar-refractivity contribution in [2.24, 2.45) is 5.10 Å². The molecule has 2 amide bonds. The molecule has 1 unspecified atom stereocenters. The minimum absolute atomic E-state index is 0.205. The monoisotopic (exact) mass is 471 g/mol. The average Bonchev–Trinajstić information content (AvgIpc) is 2.88. The number of hydrogen-bond donors (Lipinski definition) is 3. The molecule has 0 saturated carbocycles. The third-order valence-electron chi connectivity index (χ3n) is 5.08. The van der Waals surface area contributed by atoms with E-state index in [0.29, 0.717) is 16.3 Å². The number of rotatable bonds is 7. The van der Waals surface area contributed by atoms with Gasteiger partial charge in [-0.25, -0.2) is 10.5 Å². The van der Waals surface area contributed by atoms with Gasteiger partial charge in [-0.15, -0.1) is 11.8 Å². The highest BCUT2D eigenvalue weighted by Crippen LogP contribution is 2.20. The standard InChI is InChI=1S/C25H21N5O3S/c1-34-18-13-11-16(12-14-18)15-26-29-25(33)22(27-23(31)17-7-3-2-4-8-17)21-19-9-5-6-10-20(19)24(32)30-28-21/h2-15,22H,1H3,(H,27,31)(H,29,33)(H,30,32). The zero-order valence-electron chi connectivity index (χ0n) is 18.2. The van der Waals surface area contributed by atoms with Crippen molar-refractivity contribution >= 4 is 40.6 Å². The third kappa shape index (κ3) is 5.21. The highest BCUT2D eigenvalue weighted by Gasteiger charge is 2.27. The smallest absolute Gasteiger partial charge is 0.272 e. The van der Waals surface area contributed by atoms with Crippen LogP contribution in [-0.2, 0) is 4.79 Å². The topological polar surface area (TPSA) is 116 Å². The Kier molecular flexibility index (Phi) is 7.14. The van der Waals surface area contributed by atoms with Crippen LogP contribution in [0.2, 0.25) is 0 Å². The summed E-state index contributed by atoms with van der Waals surface area (Å²) in [5, 5.41) is 14.1. The predicted molar refractivity (Wildman–Crippen MR) is 133 cm³/mol. The van der Waals surface area contributed by atoms with E-state index in [1.165, 1.54) is 6.21 Å². The number of aromatic amines is 1. The van der Waals surface area contributed by atoms with E-state index in [1.807, 2.05) is 30.5 Å². The maximum atomic E-state index is 13.2. The second-order valence-corrected chi connectivity index (χ2v) is 8.14. The normalized spacial score (nSPS) is 11.9. The molecular formula is C25H21N5O3S. The lowest BCUT2D eigenvalue weighted by atomic mass is 10.0. The number of thioether (sulfide) groups is 1. The van der Waals surface area contributed by atoms with Gasteiger partial charge in [0.25, 0.3) is 17.4 Å². The van der Waals surface area contributed by atoms with Gasteiger partial charge < -0.3 is 5.32 Å². The lowest BCUT2D eigenvalue weighted by Gasteiger charge is -2.18. The van der Waals surface area contributed by atoms with Crippen LogP contribution in [-0.4, -0.2) is 34.5 Å². The van der Waals surface area contributed by atoms with Crippen molar-refractivity contribution in [2.75, 3.05) is 6.26 Å². The van der Waals surface area contributed by atoms with Crippen molar-refractivity contribution in [1.29, 1.82) is 0 Å². The lowest BCUT2D eigenvalue weighted by Crippen LogP contribution is -2.40. The first-order chi connectivity index (χ1) is 16.6. The Hall–Kier alpha value is -4.24. The number of aromatic nitrogens is 2. The number of H-pyrrole nitrogens is 1. The molecule has 1 aromatic heterocycles. The fourth-order valence-corrected chi connectivity index (χ4v) is 3.75. The molecule has 34 heavy (non-hydrogen) atoms. The molecular weight excluding hydrogens is 450 g/mol. The van der Waals surface area contributed by atoms with Crippen LogP contribution in [0.1, 0.15) is 27.7 Å². The Morgan fingerprint density at radius 3 is 2.35 bits per heavy atom. The molecule has 170 valence electrons. The van der Waals surface area contributed by atoms with E-state index < -0.39 is 17.9 Å². The van der Waals surface area contributed by atoms with E-state index in [4.69, 9.17) is 0 Å². The Morgan fingerprint density at radius 2 is 1.65 bits per heavy atom. The molecule has 4 aromatic rings. The van der Waals surface area contributed by atoms with Gasteiger partial charge in [-0.1, -0.05) is 48.5 Å². The Bertz CT molecular complexity index is 1400. The number of carbonyl (C=O) groups is 2. The highest BCUT2D eigenvalue weighted by atomic mass is 32.2. The molecule has 0 fully saturated rings. The molecule has 0 radical (unpaired) electrons. The zero-order valence-corrected chi connectivity index (χ0v) is 19.0. The van der Waals surface area contributed by atoms with Gasteiger partial charge in [0.2, 0.25) is 0 Å². The fraction of sp³-hybridized carbons (Fsp3) is 0.0800. The quantitative estimate of drug-likeness (QED) is 0.217. The lowest BCUT2D eigenvalue weighted by molar-refractivity contribution is -0.123. The van der Waals surface area contributed by atoms with Gasteiger partial charge in [-0.2, -0.15) is 10.2 Å². The molecule has 9 heteroatoms. The van der Waals surface area contributed by atoms with Gasteiger partial charge in [0, 0.05) is 15.8 Å². The van der Waals surface area contributed by atoms with Crippen LogP contribution in [0.3, 0.4) is 0 Å². The largest absolute Gasteiger partial charge is 0.335 e. The van der Waals surface area contributed by atoms with Crippen molar-refractivity contribution < 1.29 is 9.59 Å². The maximum Gasteiger partial charge on any atom is 0.272 e. The van der Waals surface area contributed by atoms with Crippen molar-refractivity contribution in [3.63, 3.8) is 0 Å². The Balaban J connectivity index is 1.64. The molecule has 0 saturated heterocycles. The number of benzene rings is 3. The number of nitrogens with zero attached hydrogens (tertiary/aromatic N) is 2. The maximum absolute atomic E-state index is 13.2. The van der Waals surface area contributed by atoms with E-state index in [9.17, 15) is 14.4 Å². The highest BCUT2D eigenvalue weighted by molar-refractivity contribution is 7.98. The number of hydrogen-bond acceptors (Lipinski definition) is 6. The zero-order chi connectivity index (χ0) is 23.9. The molecule has 8 nitrogen and oxygen atoms in total.